The fourth-order valence-electron chi connectivity index (χ4n) is 5.51. The number of likely N-dealkylation sites (tertiary alicyclic amines) is 1. The molecular weight excluding hydrogens is 461 g/mol. The summed E-state index contributed by atoms with van der Waals surface area (Å²) in [6, 6.07) is 7.16. The maximum Gasteiger partial charge on any atom is 0.317 e. The van der Waals surface area contributed by atoms with Crippen LogP contribution in [0.5, 0.6) is 5.75 Å². The van der Waals surface area contributed by atoms with Crippen molar-refractivity contribution >= 4 is 11.8 Å². The predicted molar refractivity (Wildman–Crippen MR) is 132 cm³/mol. The van der Waals surface area contributed by atoms with E-state index in [1.165, 1.54) is 24.8 Å². The molecule has 3 aliphatic rings. The van der Waals surface area contributed by atoms with Crippen LogP contribution in [0.4, 0.5) is 15.0 Å². The maximum atomic E-state index is 14.2. The molecule has 1 saturated heterocycles. The maximum absolute atomic E-state index is 14.2. The highest BCUT2D eigenvalue weighted by Gasteiger charge is 2.47. The van der Waals surface area contributed by atoms with Gasteiger partial charge in [-0.2, -0.15) is 5.10 Å². The summed E-state index contributed by atoms with van der Waals surface area (Å²) in [5.41, 5.74) is 8.89. The van der Waals surface area contributed by atoms with Crippen LogP contribution in [-0.2, 0) is 12.0 Å². The Labute approximate surface area is 208 Å². The summed E-state index contributed by atoms with van der Waals surface area (Å²) in [6.45, 7) is 4.00. The van der Waals surface area contributed by atoms with Gasteiger partial charge in [-0.15, -0.1) is 0 Å². The lowest BCUT2D eigenvalue weighted by molar-refractivity contribution is 0.193. The van der Waals surface area contributed by atoms with Crippen LogP contribution in [0.25, 0.3) is 11.3 Å². The Hall–Kier alpha value is -3.69. The molecule has 2 amide bonds. The minimum Gasteiger partial charge on any atom is -0.480 e. The number of ether oxygens (including phenoxy) is 1. The Morgan fingerprint density at radius 3 is 2.89 bits per heavy atom. The van der Waals surface area contributed by atoms with Gasteiger partial charge >= 0.3 is 6.03 Å². The first-order valence-corrected chi connectivity index (χ1v) is 12.6. The number of nitrogens with zero attached hydrogens (tertiary/aromatic N) is 5. The molecule has 2 atom stereocenters. The smallest absolute Gasteiger partial charge is 0.317 e. The minimum absolute atomic E-state index is 0.0535. The quantitative estimate of drug-likeness (QED) is 0.562. The van der Waals surface area contributed by atoms with Crippen molar-refractivity contribution in [2.75, 3.05) is 18.8 Å². The third-order valence-electron chi connectivity index (χ3n) is 7.85. The van der Waals surface area contributed by atoms with Gasteiger partial charge in [0.2, 0.25) is 0 Å². The molecule has 0 aromatic carbocycles. The summed E-state index contributed by atoms with van der Waals surface area (Å²) in [5, 5.41) is 8.00. The Morgan fingerprint density at radius 2 is 2.11 bits per heavy atom. The second kappa shape index (κ2) is 8.76. The SMILES string of the molecule is CC(Oc1cc(-c2cc3n(n2)CC[C@@]32CCN(C(=O)NC3CCC3)C2)cnc1N)c1ncccc1F. The molecule has 1 spiro atoms. The second-order valence-corrected chi connectivity index (χ2v) is 10.2. The van der Waals surface area contributed by atoms with E-state index >= 15 is 0 Å². The van der Waals surface area contributed by atoms with E-state index in [1.54, 1.807) is 19.2 Å². The molecule has 2 fully saturated rings. The van der Waals surface area contributed by atoms with E-state index in [0.29, 0.717) is 18.3 Å². The van der Waals surface area contributed by atoms with Crippen molar-refractivity contribution in [3.63, 3.8) is 0 Å². The molecule has 0 radical (unpaired) electrons. The fourth-order valence-corrected chi connectivity index (χ4v) is 5.51. The van der Waals surface area contributed by atoms with Crippen molar-refractivity contribution in [1.29, 1.82) is 0 Å². The van der Waals surface area contributed by atoms with Gasteiger partial charge in [-0.05, 0) is 63.3 Å². The van der Waals surface area contributed by atoms with Crippen LogP contribution in [0.15, 0.2) is 36.7 Å². The Bertz CT molecular complexity index is 1310. The Balaban J connectivity index is 1.21. The summed E-state index contributed by atoms with van der Waals surface area (Å²) in [6.07, 6.45) is 7.82. The molecule has 2 aliphatic heterocycles. The molecule has 36 heavy (non-hydrogen) atoms. The molecule has 3 aromatic rings. The van der Waals surface area contributed by atoms with E-state index in [2.05, 4.69) is 21.4 Å². The average Bonchev–Trinajstić information content (AvgIpc) is 3.55. The monoisotopic (exact) mass is 491 g/mol. The van der Waals surface area contributed by atoms with E-state index in [-0.39, 0.29) is 23.0 Å². The number of fused-ring (bicyclic) bond motifs is 2. The molecule has 188 valence electrons. The van der Waals surface area contributed by atoms with E-state index in [1.807, 2.05) is 9.58 Å². The zero-order chi connectivity index (χ0) is 24.9. The average molecular weight is 492 g/mol. The first-order valence-electron chi connectivity index (χ1n) is 12.6. The molecule has 10 heteroatoms. The standard InChI is InChI=1S/C26H30FN7O2/c1-16(23-19(27)6-3-9-29-23)36-21-12-17(14-30-24(21)28)20-13-22-26(8-11-34(22)32-20)7-10-33(15-26)25(35)31-18-4-2-5-18/h3,6,9,12-14,16,18H,2,4-5,7-8,10-11,15H2,1H3,(H2,28,30)(H,31,35)/t16?,26-/m1/s1. The molecule has 3 aromatic heterocycles. The summed E-state index contributed by atoms with van der Waals surface area (Å²) in [4.78, 5) is 23.1. The number of urea groups is 1. The number of nitrogens with two attached hydrogens (primary N) is 1. The molecular formula is C26H30FN7O2. The number of halogens is 1. The Kier molecular flexibility index (Phi) is 5.54. The number of amides is 2. The molecule has 3 N–H and O–H groups in total. The number of carbonyl (C=O) groups excluding carboxylic acids is 1. The highest BCUT2D eigenvalue weighted by atomic mass is 19.1. The zero-order valence-electron chi connectivity index (χ0n) is 20.3. The molecule has 5 heterocycles. The zero-order valence-corrected chi connectivity index (χ0v) is 20.3. The largest absolute Gasteiger partial charge is 0.480 e. The lowest BCUT2D eigenvalue weighted by atomic mass is 9.82. The topological polar surface area (TPSA) is 111 Å². The number of pyridine rings is 2. The van der Waals surface area contributed by atoms with Gasteiger partial charge in [0.05, 0.1) is 5.69 Å². The molecule has 1 aliphatic carbocycles. The van der Waals surface area contributed by atoms with Gasteiger partial charge in [0.25, 0.3) is 0 Å². The van der Waals surface area contributed by atoms with Crippen molar-refractivity contribution in [3.8, 4) is 17.0 Å². The lowest BCUT2D eigenvalue weighted by Gasteiger charge is -2.30. The number of nitrogens with one attached hydrogen (secondary N) is 1. The van der Waals surface area contributed by atoms with Crippen LogP contribution in [0.3, 0.4) is 0 Å². The fraction of sp³-hybridized carbons (Fsp3) is 0.462. The predicted octanol–water partition coefficient (Wildman–Crippen LogP) is 3.81. The third kappa shape index (κ3) is 3.94. The van der Waals surface area contributed by atoms with Gasteiger partial charge < -0.3 is 20.7 Å². The number of carbonyl (C=O) groups is 1. The highest BCUT2D eigenvalue weighted by Crippen LogP contribution is 2.44. The van der Waals surface area contributed by atoms with Crippen LogP contribution in [0.1, 0.15) is 56.5 Å². The van der Waals surface area contributed by atoms with Crippen LogP contribution < -0.4 is 15.8 Å². The molecule has 1 saturated carbocycles. The van der Waals surface area contributed by atoms with Crippen LogP contribution in [0.2, 0.25) is 0 Å². The van der Waals surface area contributed by atoms with E-state index in [0.717, 1.165) is 55.7 Å². The number of nitrogen functional groups attached to an aromatic ring is 1. The lowest BCUT2D eigenvalue weighted by Crippen LogP contribution is -2.47. The number of aromatic nitrogens is 4. The van der Waals surface area contributed by atoms with Crippen molar-refractivity contribution in [1.82, 2.24) is 30.0 Å². The molecule has 0 bridgehead atoms. The van der Waals surface area contributed by atoms with Gasteiger partial charge in [0.15, 0.2) is 11.6 Å². The van der Waals surface area contributed by atoms with E-state index in [9.17, 15) is 9.18 Å². The number of hydrogen-bond acceptors (Lipinski definition) is 6. The van der Waals surface area contributed by atoms with Crippen LogP contribution in [-0.4, -0.2) is 49.8 Å². The number of rotatable bonds is 5. The van der Waals surface area contributed by atoms with Crippen molar-refractivity contribution in [3.05, 3.63) is 53.9 Å². The van der Waals surface area contributed by atoms with Crippen molar-refractivity contribution < 1.29 is 13.9 Å². The first-order chi connectivity index (χ1) is 17.4. The molecule has 9 nitrogen and oxygen atoms in total. The normalized spacial score (nSPS) is 21.9. The number of aryl methyl sites for hydroxylation is 1. The third-order valence-corrected chi connectivity index (χ3v) is 7.85. The number of anilines is 1. The number of hydrogen-bond donors (Lipinski definition) is 2. The van der Waals surface area contributed by atoms with Crippen LogP contribution in [0, 0.1) is 5.82 Å². The van der Waals surface area contributed by atoms with Crippen molar-refractivity contribution in [2.45, 2.75) is 63.1 Å². The summed E-state index contributed by atoms with van der Waals surface area (Å²) in [7, 11) is 0. The summed E-state index contributed by atoms with van der Waals surface area (Å²) < 4.78 is 22.2. The molecule has 1 unspecified atom stereocenters. The minimum atomic E-state index is -0.642. The van der Waals surface area contributed by atoms with Crippen LogP contribution >= 0.6 is 0 Å². The van der Waals surface area contributed by atoms with Gasteiger partial charge in [-0.25, -0.2) is 14.2 Å². The van der Waals surface area contributed by atoms with Gasteiger partial charge in [-0.1, -0.05) is 0 Å². The highest BCUT2D eigenvalue weighted by molar-refractivity contribution is 5.75. The Morgan fingerprint density at radius 1 is 1.28 bits per heavy atom. The van der Waals surface area contributed by atoms with E-state index in [4.69, 9.17) is 15.6 Å². The van der Waals surface area contributed by atoms with Gasteiger partial charge in [0, 0.05) is 54.7 Å². The summed E-state index contributed by atoms with van der Waals surface area (Å²) in [5.74, 6) is 0.136. The van der Waals surface area contributed by atoms with Gasteiger partial charge in [0.1, 0.15) is 17.6 Å². The first kappa shape index (κ1) is 22.8. The van der Waals surface area contributed by atoms with E-state index < -0.39 is 11.9 Å². The second-order valence-electron chi connectivity index (χ2n) is 10.2. The van der Waals surface area contributed by atoms with Gasteiger partial charge in [-0.3, -0.25) is 9.67 Å². The summed E-state index contributed by atoms with van der Waals surface area (Å²) >= 11 is 0. The van der Waals surface area contributed by atoms with Crippen molar-refractivity contribution in [2.24, 2.45) is 0 Å². The molecule has 6 rings (SSSR count).